The molecule has 0 saturated heterocycles. The van der Waals surface area contributed by atoms with Crippen LogP contribution in [0.2, 0.25) is 0 Å². The van der Waals surface area contributed by atoms with Gasteiger partial charge in [0, 0.05) is 43.4 Å². The Labute approximate surface area is 153 Å². The number of fused-ring (bicyclic) bond motifs is 2. The zero-order chi connectivity index (χ0) is 17.2. The minimum atomic E-state index is 0.621. The monoisotopic (exact) mass is 403 g/mol. The van der Waals surface area contributed by atoms with Crippen LogP contribution in [0.1, 0.15) is 0 Å². The fraction of sp³-hybridized carbons (Fsp3) is 0.294. The number of ether oxygens (including phenoxy) is 2. The average molecular weight is 404 g/mol. The first-order valence-corrected chi connectivity index (χ1v) is 8.83. The quantitative estimate of drug-likeness (QED) is 0.709. The Bertz CT molecular complexity index is 898. The van der Waals surface area contributed by atoms with E-state index in [4.69, 9.17) is 9.47 Å². The van der Waals surface area contributed by atoms with E-state index in [0.29, 0.717) is 19.0 Å². The van der Waals surface area contributed by atoms with Gasteiger partial charge in [-0.05, 0) is 35.1 Å². The maximum Gasteiger partial charge on any atom is 0.180 e. The first kappa shape index (κ1) is 16.2. The maximum absolute atomic E-state index is 5.90. The Morgan fingerprint density at radius 1 is 1.16 bits per heavy atom. The fourth-order valence-corrected chi connectivity index (χ4v) is 3.07. The van der Waals surface area contributed by atoms with E-state index in [1.807, 2.05) is 35.0 Å². The van der Waals surface area contributed by atoms with Gasteiger partial charge in [0.2, 0.25) is 0 Å². The van der Waals surface area contributed by atoms with Crippen LogP contribution in [0.5, 0.6) is 11.5 Å². The van der Waals surface area contributed by atoms with Crippen LogP contribution < -0.4 is 14.8 Å². The number of hydrogen-bond acceptors (Lipinski definition) is 6. The zero-order valence-corrected chi connectivity index (χ0v) is 15.4. The second-order valence-corrected chi connectivity index (χ2v) is 6.67. The molecule has 0 fully saturated rings. The van der Waals surface area contributed by atoms with E-state index in [2.05, 4.69) is 43.2 Å². The molecular formula is C17H18BrN5O2. The summed E-state index contributed by atoms with van der Waals surface area (Å²) in [6.45, 7) is 3.00. The van der Waals surface area contributed by atoms with Crippen molar-refractivity contribution in [3.63, 3.8) is 0 Å². The van der Waals surface area contributed by atoms with E-state index in [1.54, 1.807) is 6.20 Å². The number of rotatable bonds is 2. The highest BCUT2D eigenvalue weighted by atomic mass is 79.9. The van der Waals surface area contributed by atoms with E-state index in [1.165, 1.54) is 0 Å². The van der Waals surface area contributed by atoms with Crippen LogP contribution in [0.4, 0.5) is 11.5 Å². The molecule has 130 valence electrons. The van der Waals surface area contributed by atoms with Crippen LogP contribution in [0.25, 0.3) is 5.65 Å². The predicted octanol–water partition coefficient (Wildman–Crippen LogP) is 2.94. The number of nitrogens with one attached hydrogen (secondary N) is 1. The summed E-state index contributed by atoms with van der Waals surface area (Å²) in [5, 5.41) is 3.31. The molecule has 8 heteroatoms. The Morgan fingerprint density at radius 2 is 1.96 bits per heavy atom. The molecule has 3 heterocycles. The van der Waals surface area contributed by atoms with Gasteiger partial charge in [0.1, 0.15) is 17.8 Å². The lowest BCUT2D eigenvalue weighted by molar-refractivity contribution is 0.228. The van der Waals surface area contributed by atoms with Gasteiger partial charge in [-0.3, -0.25) is 4.90 Å². The van der Waals surface area contributed by atoms with Gasteiger partial charge in [0.05, 0.1) is 0 Å². The molecule has 0 spiro atoms. The number of nitrogens with zero attached hydrogens (tertiary/aromatic N) is 4. The summed E-state index contributed by atoms with van der Waals surface area (Å²) in [6.07, 6.45) is 5.49. The Morgan fingerprint density at radius 3 is 2.80 bits per heavy atom. The first-order chi connectivity index (χ1) is 12.2. The lowest BCUT2D eigenvalue weighted by Crippen LogP contribution is -2.27. The molecule has 0 radical (unpaired) electrons. The lowest BCUT2D eigenvalue weighted by Gasteiger charge is -2.13. The molecule has 7 nitrogen and oxygen atoms in total. The van der Waals surface area contributed by atoms with Gasteiger partial charge in [0.25, 0.3) is 0 Å². The molecule has 0 unspecified atom stereocenters. The smallest absolute Gasteiger partial charge is 0.180 e. The van der Waals surface area contributed by atoms with Crippen molar-refractivity contribution < 1.29 is 9.47 Å². The largest absolute Gasteiger partial charge is 0.488 e. The summed E-state index contributed by atoms with van der Waals surface area (Å²) >= 11 is 3.43. The lowest BCUT2D eigenvalue weighted by atomic mass is 10.2. The Kier molecular flexibility index (Phi) is 4.46. The molecule has 25 heavy (non-hydrogen) atoms. The maximum atomic E-state index is 5.90. The SMILES string of the molecule is CN1CCOc2ccc(Nc3nc(Br)cn4ccnc34)cc2OCC1. The summed E-state index contributed by atoms with van der Waals surface area (Å²) in [5.74, 6) is 2.16. The summed E-state index contributed by atoms with van der Waals surface area (Å²) in [6, 6.07) is 5.80. The van der Waals surface area contributed by atoms with Gasteiger partial charge < -0.3 is 19.2 Å². The Balaban J connectivity index is 1.63. The van der Waals surface area contributed by atoms with Crippen molar-refractivity contribution >= 4 is 33.1 Å². The van der Waals surface area contributed by atoms with Crippen LogP contribution in [0, 0.1) is 0 Å². The summed E-state index contributed by atoms with van der Waals surface area (Å²) in [5.41, 5.74) is 1.62. The third-order valence-corrected chi connectivity index (χ3v) is 4.39. The van der Waals surface area contributed by atoms with Crippen molar-refractivity contribution in [3.05, 3.63) is 41.4 Å². The van der Waals surface area contributed by atoms with Crippen LogP contribution >= 0.6 is 15.9 Å². The first-order valence-electron chi connectivity index (χ1n) is 8.03. The highest BCUT2D eigenvalue weighted by Crippen LogP contribution is 2.32. The molecule has 0 amide bonds. The molecule has 0 atom stereocenters. The summed E-state index contributed by atoms with van der Waals surface area (Å²) in [7, 11) is 2.06. The van der Waals surface area contributed by atoms with Gasteiger partial charge in [-0.1, -0.05) is 0 Å². The summed E-state index contributed by atoms with van der Waals surface area (Å²) < 4.78 is 14.4. The van der Waals surface area contributed by atoms with Crippen molar-refractivity contribution in [1.82, 2.24) is 19.3 Å². The number of halogens is 1. The molecule has 3 aromatic rings. The number of benzene rings is 1. The second kappa shape index (κ2) is 6.89. The van der Waals surface area contributed by atoms with Gasteiger partial charge in [-0.2, -0.15) is 0 Å². The third-order valence-electron chi connectivity index (χ3n) is 4.01. The Hall–Kier alpha value is -2.32. The van der Waals surface area contributed by atoms with E-state index in [-0.39, 0.29) is 0 Å². The van der Waals surface area contributed by atoms with Crippen molar-refractivity contribution in [1.29, 1.82) is 0 Å². The van der Waals surface area contributed by atoms with Crippen LogP contribution in [-0.4, -0.2) is 52.6 Å². The second-order valence-electron chi connectivity index (χ2n) is 5.86. The van der Waals surface area contributed by atoms with Gasteiger partial charge in [-0.15, -0.1) is 0 Å². The molecule has 2 aromatic heterocycles. The van der Waals surface area contributed by atoms with E-state index >= 15 is 0 Å². The predicted molar refractivity (Wildman–Crippen MR) is 98.9 cm³/mol. The molecule has 0 aliphatic carbocycles. The van der Waals surface area contributed by atoms with Crippen LogP contribution in [0.3, 0.4) is 0 Å². The molecule has 0 saturated carbocycles. The average Bonchev–Trinajstić information content (AvgIpc) is 3.06. The number of imidazole rings is 1. The number of anilines is 2. The van der Waals surface area contributed by atoms with Crippen molar-refractivity contribution in [2.24, 2.45) is 0 Å². The summed E-state index contributed by atoms with van der Waals surface area (Å²) in [4.78, 5) is 11.0. The molecule has 4 rings (SSSR count). The fourth-order valence-electron chi connectivity index (χ4n) is 2.67. The van der Waals surface area contributed by atoms with E-state index in [0.717, 1.165) is 40.5 Å². The highest BCUT2D eigenvalue weighted by Gasteiger charge is 2.13. The number of hydrogen-bond donors (Lipinski definition) is 1. The van der Waals surface area contributed by atoms with E-state index in [9.17, 15) is 0 Å². The third kappa shape index (κ3) is 3.54. The molecular weight excluding hydrogens is 386 g/mol. The van der Waals surface area contributed by atoms with Gasteiger partial charge >= 0.3 is 0 Å². The van der Waals surface area contributed by atoms with Crippen molar-refractivity contribution in [2.45, 2.75) is 0 Å². The van der Waals surface area contributed by atoms with Gasteiger partial charge in [-0.25, -0.2) is 9.97 Å². The standard InChI is InChI=1S/C17H18BrN5O2/c1-22-6-8-24-13-3-2-12(10-14(13)25-9-7-22)20-16-17-19-4-5-23(17)11-15(18)21-16/h2-5,10-11H,6-9H2,1H3,(H,20,21). The molecule has 1 aromatic carbocycles. The number of aromatic nitrogens is 3. The number of likely N-dealkylation sites (N-methyl/N-ethyl adjacent to an activating group) is 1. The molecule has 0 bridgehead atoms. The molecule has 1 aliphatic rings. The highest BCUT2D eigenvalue weighted by molar-refractivity contribution is 9.10. The van der Waals surface area contributed by atoms with Crippen LogP contribution in [-0.2, 0) is 0 Å². The van der Waals surface area contributed by atoms with Gasteiger partial charge in [0.15, 0.2) is 23.0 Å². The topological polar surface area (TPSA) is 63.9 Å². The normalized spacial score (nSPS) is 15.4. The van der Waals surface area contributed by atoms with Crippen LogP contribution in [0.15, 0.2) is 41.4 Å². The van der Waals surface area contributed by atoms with Crippen molar-refractivity contribution in [2.75, 3.05) is 38.7 Å². The van der Waals surface area contributed by atoms with Crippen molar-refractivity contribution in [3.8, 4) is 11.5 Å². The minimum absolute atomic E-state index is 0.621. The molecule has 1 aliphatic heterocycles. The zero-order valence-electron chi connectivity index (χ0n) is 13.8. The van der Waals surface area contributed by atoms with E-state index < -0.39 is 0 Å². The minimum Gasteiger partial charge on any atom is -0.488 e. The molecule has 1 N–H and O–H groups in total.